The lowest BCUT2D eigenvalue weighted by Gasteiger charge is -2.12. The molecule has 0 saturated carbocycles. The zero-order chi connectivity index (χ0) is 15.2. The highest BCUT2D eigenvalue weighted by Crippen LogP contribution is 2.25. The Balaban J connectivity index is 1.89. The summed E-state index contributed by atoms with van der Waals surface area (Å²) in [4.78, 5) is 19.5. The fourth-order valence-electron chi connectivity index (χ4n) is 1.78. The van der Waals surface area contributed by atoms with Gasteiger partial charge in [-0.1, -0.05) is 53.5 Å². The second kappa shape index (κ2) is 7.36. The van der Waals surface area contributed by atoms with E-state index in [-0.39, 0.29) is 34.4 Å². The number of hydrogen-bond acceptors (Lipinski definition) is 4. The third-order valence-electron chi connectivity index (χ3n) is 2.91. The maximum atomic E-state index is 11.9. The van der Waals surface area contributed by atoms with Gasteiger partial charge < -0.3 is 11.1 Å². The summed E-state index contributed by atoms with van der Waals surface area (Å²) < 4.78 is 0. The number of carbonyl (C=O) groups excluding carboxylic acids is 1. The number of hydrogen-bond donors (Lipinski definition) is 2. The molecule has 110 valence electrons. The Hall–Kier alpha value is -1.69. The number of nitrogens with zero attached hydrogens (tertiary/aromatic N) is 2. The summed E-state index contributed by atoms with van der Waals surface area (Å²) in [6, 6.07) is 9.42. The van der Waals surface area contributed by atoms with Crippen molar-refractivity contribution < 1.29 is 4.79 Å². The van der Waals surface area contributed by atoms with Gasteiger partial charge in [-0.15, -0.1) is 0 Å². The molecule has 1 heterocycles. The number of anilines is 1. The second-order valence-electron chi connectivity index (χ2n) is 4.43. The molecule has 1 aromatic carbocycles. The maximum Gasteiger partial charge on any atom is 0.225 e. The van der Waals surface area contributed by atoms with Crippen molar-refractivity contribution in [3.8, 4) is 0 Å². The first-order valence-electron chi connectivity index (χ1n) is 6.34. The Morgan fingerprint density at radius 2 is 1.95 bits per heavy atom. The molecule has 1 atom stereocenters. The van der Waals surface area contributed by atoms with Crippen molar-refractivity contribution in [3.63, 3.8) is 0 Å². The molecule has 21 heavy (non-hydrogen) atoms. The van der Waals surface area contributed by atoms with Crippen molar-refractivity contribution in [1.29, 1.82) is 0 Å². The Bertz CT molecular complexity index is 622. The van der Waals surface area contributed by atoms with Gasteiger partial charge in [0.05, 0.1) is 0 Å². The van der Waals surface area contributed by atoms with Gasteiger partial charge in [0.15, 0.2) is 11.0 Å². The number of nitrogens with one attached hydrogen (secondary N) is 1. The summed E-state index contributed by atoms with van der Waals surface area (Å²) in [5, 5.41) is 2.82. The summed E-state index contributed by atoms with van der Waals surface area (Å²) in [6.07, 6.45) is 2.01. The van der Waals surface area contributed by atoms with Crippen LogP contribution in [0.15, 0.2) is 36.7 Å². The largest absolute Gasteiger partial charge is 0.324 e. The highest BCUT2D eigenvalue weighted by atomic mass is 35.5. The minimum absolute atomic E-state index is 0.1000. The third-order valence-corrected chi connectivity index (χ3v) is 3.66. The standard InChI is InChI=1S/C14H14Cl2N4O/c15-12-13(16)18-8-19-14(12)20-11(21)7-6-10(17)9-4-2-1-3-5-9/h1-5,8,10H,6-7,17H2,(H,18,19,20,21). The van der Waals surface area contributed by atoms with Gasteiger partial charge in [-0.3, -0.25) is 4.79 Å². The van der Waals surface area contributed by atoms with E-state index in [4.69, 9.17) is 28.9 Å². The van der Waals surface area contributed by atoms with Crippen LogP contribution in [0.1, 0.15) is 24.4 Å². The van der Waals surface area contributed by atoms with Crippen LogP contribution in [0.4, 0.5) is 5.82 Å². The average Bonchev–Trinajstić information content (AvgIpc) is 2.50. The highest BCUT2D eigenvalue weighted by Gasteiger charge is 2.12. The smallest absolute Gasteiger partial charge is 0.225 e. The van der Waals surface area contributed by atoms with Gasteiger partial charge in [0, 0.05) is 12.5 Å². The van der Waals surface area contributed by atoms with Gasteiger partial charge in [-0.25, -0.2) is 9.97 Å². The fraction of sp³-hybridized carbons (Fsp3) is 0.214. The molecule has 0 aliphatic carbocycles. The molecular formula is C14H14Cl2N4O. The van der Waals surface area contributed by atoms with Crippen molar-refractivity contribution in [2.75, 3.05) is 5.32 Å². The SMILES string of the molecule is NC(CCC(=O)Nc1ncnc(Cl)c1Cl)c1ccccc1. The Labute approximate surface area is 132 Å². The zero-order valence-electron chi connectivity index (χ0n) is 11.1. The van der Waals surface area contributed by atoms with Crippen molar-refractivity contribution in [2.45, 2.75) is 18.9 Å². The van der Waals surface area contributed by atoms with Crippen LogP contribution >= 0.6 is 23.2 Å². The Kier molecular flexibility index (Phi) is 5.50. The first-order valence-corrected chi connectivity index (χ1v) is 7.10. The molecule has 2 rings (SSSR count). The quantitative estimate of drug-likeness (QED) is 0.827. The predicted molar refractivity (Wildman–Crippen MR) is 83.3 cm³/mol. The normalized spacial score (nSPS) is 12.0. The van der Waals surface area contributed by atoms with Gasteiger partial charge in [0.1, 0.15) is 11.3 Å². The molecule has 5 nitrogen and oxygen atoms in total. The Morgan fingerprint density at radius 3 is 2.67 bits per heavy atom. The van der Waals surface area contributed by atoms with E-state index in [1.165, 1.54) is 6.33 Å². The molecule has 1 amide bonds. The van der Waals surface area contributed by atoms with Gasteiger partial charge in [0.2, 0.25) is 5.91 Å². The summed E-state index contributed by atoms with van der Waals surface area (Å²) in [5.74, 6) is -0.0204. The molecule has 0 fully saturated rings. The summed E-state index contributed by atoms with van der Waals surface area (Å²) in [5.41, 5.74) is 7.03. The molecule has 1 unspecified atom stereocenters. The lowest BCUT2D eigenvalue weighted by atomic mass is 10.0. The van der Waals surface area contributed by atoms with Crippen LogP contribution in [-0.4, -0.2) is 15.9 Å². The van der Waals surface area contributed by atoms with Crippen LogP contribution in [0.5, 0.6) is 0 Å². The van der Waals surface area contributed by atoms with Crippen LogP contribution < -0.4 is 11.1 Å². The lowest BCUT2D eigenvalue weighted by Crippen LogP contribution is -2.17. The lowest BCUT2D eigenvalue weighted by molar-refractivity contribution is -0.116. The number of aromatic nitrogens is 2. The van der Waals surface area contributed by atoms with Gasteiger partial charge in [0.25, 0.3) is 0 Å². The average molecular weight is 325 g/mol. The number of halogens is 2. The van der Waals surface area contributed by atoms with Gasteiger partial charge >= 0.3 is 0 Å². The van der Waals surface area contributed by atoms with E-state index >= 15 is 0 Å². The van der Waals surface area contributed by atoms with E-state index in [2.05, 4.69) is 15.3 Å². The van der Waals surface area contributed by atoms with Crippen LogP contribution in [-0.2, 0) is 4.79 Å². The molecule has 0 saturated heterocycles. The fourth-order valence-corrected chi connectivity index (χ4v) is 2.06. The van der Waals surface area contributed by atoms with E-state index in [1.54, 1.807) is 0 Å². The molecule has 0 bridgehead atoms. The predicted octanol–water partition coefficient (Wildman–Crippen LogP) is 3.20. The van der Waals surface area contributed by atoms with E-state index in [9.17, 15) is 4.79 Å². The molecular weight excluding hydrogens is 311 g/mol. The first kappa shape index (κ1) is 15.7. The van der Waals surface area contributed by atoms with Gasteiger partial charge in [-0.05, 0) is 12.0 Å². The molecule has 1 aromatic heterocycles. The topological polar surface area (TPSA) is 80.9 Å². The maximum absolute atomic E-state index is 11.9. The van der Waals surface area contributed by atoms with Crippen LogP contribution in [0.3, 0.4) is 0 Å². The van der Waals surface area contributed by atoms with Crippen molar-refractivity contribution in [2.24, 2.45) is 5.73 Å². The summed E-state index contributed by atoms with van der Waals surface area (Å²) in [6.45, 7) is 0. The number of amides is 1. The summed E-state index contributed by atoms with van der Waals surface area (Å²) in [7, 11) is 0. The number of benzene rings is 1. The van der Waals surface area contributed by atoms with E-state index in [0.29, 0.717) is 6.42 Å². The minimum atomic E-state index is -0.224. The molecule has 3 N–H and O–H groups in total. The molecule has 0 aliphatic heterocycles. The number of nitrogens with two attached hydrogens (primary N) is 1. The van der Waals surface area contributed by atoms with Crippen LogP contribution in [0, 0.1) is 0 Å². The molecule has 7 heteroatoms. The monoisotopic (exact) mass is 324 g/mol. The molecule has 0 spiro atoms. The van der Waals surface area contributed by atoms with Crippen LogP contribution in [0.2, 0.25) is 10.2 Å². The van der Waals surface area contributed by atoms with Crippen molar-refractivity contribution in [1.82, 2.24) is 9.97 Å². The third kappa shape index (κ3) is 4.39. The molecule has 0 aliphatic rings. The van der Waals surface area contributed by atoms with E-state index in [0.717, 1.165) is 5.56 Å². The Morgan fingerprint density at radius 1 is 1.24 bits per heavy atom. The van der Waals surface area contributed by atoms with Crippen molar-refractivity contribution in [3.05, 3.63) is 52.4 Å². The van der Waals surface area contributed by atoms with Crippen LogP contribution in [0.25, 0.3) is 0 Å². The first-order chi connectivity index (χ1) is 10.1. The van der Waals surface area contributed by atoms with Gasteiger partial charge in [-0.2, -0.15) is 0 Å². The minimum Gasteiger partial charge on any atom is -0.324 e. The molecule has 2 aromatic rings. The zero-order valence-corrected chi connectivity index (χ0v) is 12.6. The molecule has 0 radical (unpaired) electrons. The number of rotatable bonds is 5. The second-order valence-corrected chi connectivity index (χ2v) is 5.17. The highest BCUT2D eigenvalue weighted by molar-refractivity contribution is 6.42. The number of carbonyl (C=O) groups is 1. The van der Waals surface area contributed by atoms with E-state index in [1.807, 2.05) is 30.3 Å². The van der Waals surface area contributed by atoms with E-state index < -0.39 is 0 Å². The van der Waals surface area contributed by atoms with Crippen molar-refractivity contribution >= 4 is 34.9 Å². The summed E-state index contributed by atoms with van der Waals surface area (Å²) >= 11 is 11.7.